The molecular weight excluding hydrogens is 186 g/mol. The molecule has 0 aromatic carbocycles. The van der Waals surface area contributed by atoms with E-state index in [1.165, 1.54) is 0 Å². The van der Waals surface area contributed by atoms with Crippen LogP contribution in [0.4, 0.5) is 0 Å². The maximum atomic E-state index is 8.40. The van der Waals surface area contributed by atoms with Crippen molar-refractivity contribution in [3.8, 4) is 0 Å². The van der Waals surface area contributed by atoms with Crippen molar-refractivity contribution in [2.75, 3.05) is 59.8 Å². The molecule has 86 valence electrons. The van der Waals surface area contributed by atoms with E-state index in [9.17, 15) is 0 Å². The van der Waals surface area contributed by atoms with Gasteiger partial charge in [0, 0.05) is 20.2 Å². The fourth-order valence-corrected chi connectivity index (χ4v) is 0.830. The summed E-state index contributed by atoms with van der Waals surface area (Å²) in [7, 11) is 1.68. The molecular formula is C9H21NO4. The summed E-state index contributed by atoms with van der Waals surface area (Å²) >= 11 is 0. The molecule has 0 aliphatic heterocycles. The molecule has 14 heavy (non-hydrogen) atoms. The van der Waals surface area contributed by atoms with E-state index in [1.807, 2.05) is 0 Å². The SMILES string of the molecule is COCCNCCOCCOCCO. The van der Waals surface area contributed by atoms with Gasteiger partial charge in [0.25, 0.3) is 0 Å². The van der Waals surface area contributed by atoms with Crippen LogP contribution in [0.2, 0.25) is 0 Å². The van der Waals surface area contributed by atoms with E-state index in [4.69, 9.17) is 19.3 Å². The van der Waals surface area contributed by atoms with Crippen LogP contribution >= 0.6 is 0 Å². The second-order valence-electron chi connectivity index (χ2n) is 2.69. The third-order valence-corrected chi connectivity index (χ3v) is 1.51. The first kappa shape index (κ1) is 13.8. The van der Waals surface area contributed by atoms with Crippen molar-refractivity contribution in [1.29, 1.82) is 0 Å². The number of aliphatic hydroxyl groups excluding tert-OH is 1. The number of hydrogen-bond donors (Lipinski definition) is 2. The van der Waals surface area contributed by atoms with Gasteiger partial charge in [0.15, 0.2) is 0 Å². The van der Waals surface area contributed by atoms with E-state index in [0.29, 0.717) is 26.4 Å². The lowest BCUT2D eigenvalue weighted by molar-refractivity contribution is 0.0338. The smallest absolute Gasteiger partial charge is 0.0701 e. The highest BCUT2D eigenvalue weighted by Crippen LogP contribution is 1.77. The Labute approximate surface area is 85.3 Å². The molecule has 0 fully saturated rings. The van der Waals surface area contributed by atoms with Crippen molar-refractivity contribution < 1.29 is 19.3 Å². The maximum absolute atomic E-state index is 8.40. The minimum Gasteiger partial charge on any atom is -0.394 e. The Morgan fingerprint density at radius 2 is 1.57 bits per heavy atom. The summed E-state index contributed by atoms with van der Waals surface area (Å²) in [6.07, 6.45) is 0. The van der Waals surface area contributed by atoms with Crippen molar-refractivity contribution in [1.82, 2.24) is 5.32 Å². The Balaban J connectivity index is 2.78. The minimum absolute atomic E-state index is 0.0680. The highest BCUT2D eigenvalue weighted by Gasteiger charge is 1.89. The van der Waals surface area contributed by atoms with Gasteiger partial charge in [-0.15, -0.1) is 0 Å². The van der Waals surface area contributed by atoms with Crippen LogP contribution in [-0.4, -0.2) is 64.9 Å². The molecule has 0 aromatic rings. The lowest BCUT2D eigenvalue weighted by Gasteiger charge is -2.05. The zero-order chi connectivity index (χ0) is 10.5. The second kappa shape index (κ2) is 12.8. The fraction of sp³-hybridized carbons (Fsp3) is 1.00. The quantitative estimate of drug-likeness (QED) is 0.436. The second-order valence-corrected chi connectivity index (χ2v) is 2.69. The van der Waals surface area contributed by atoms with Gasteiger partial charge in [-0.05, 0) is 0 Å². The van der Waals surface area contributed by atoms with Crippen molar-refractivity contribution >= 4 is 0 Å². The first-order valence-corrected chi connectivity index (χ1v) is 4.87. The Morgan fingerprint density at radius 3 is 2.21 bits per heavy atom. The number of aliphatic hydroxyl groups is 1. The van der Waals surface area contributed by atoms with Gasteiger partial charge in [0.2, 0.25) is 0 Å². The molecule has 0 spiro atoms. The van der Waals surface area contributed by atoms with E-state index in [-0.39, 0.29) is 6.61 Å². The Hall–Kier alpha value is -0.200. The van der Waals surface area contributed by atoms with Crippen LogP contribution in [0.5, 0.6) is 0 Å². The largest absolute Gasteiger partial charge is 0.394 e. The Kier molecular flexibility index (Phi) is 12.6. The van der Waals surface area contributed by atoms with Gasteiger partial charge >= 0.3 is 0 Å². The molecule has 0 saturated heterocycles. The van der Waals surface area contributed by atoms with Crippen LogP contribution in [0.1, 0.15) is 0 Å². The van der Waals surface area contributed by atoms with E-state index in [0.717, 1.165) is 19.7 Å². The molecule has 0 aromatic heterocycles. The van der Waals surface area contributed by atoms with E-state index in [1.54, 1.807) is 7.11 Å². The predicted molar refractivity (Wildman–Crippen MR) is 53.5 cm³/mol. The molecule has 0 aliphatic rings. The normalized spacial score (nSPS) is 10.7. The third-order valence-electron chi connectivity index (χ3n) is 1.51. The number of methoxy groups -OCH3 is 1. The summed E-state index contributed by atoms with van der Waals surface area (Å²) in [5, 5.41) is 11.6. The molecule has 0 heterocycles. The minimum atomic E-state index is 0.0680. The monoisotopic (exact) mass is 207 g/mol. The van der Waals surface area contributed by atoms with E-state index < -0.39 is 0 Å². The van der Waals surface area contributed by atoms with Gasteiger partial charge in [-0.1, -0.05) is 0 Å². The zero-order valence-corrected chi connectivity index (χ0v) is 8.83. The molecule has 0 atom stereocenters. The lowest BCUT2D eigenvalue weighted by atomic mass is 10.6. The van der Waals surface area contributed by atoms with Crippen LogP contribution < -0.4 is 5.32 Å². The van der Waals surface area contributed by atoms with Gasteiger partial charge < -0.3 is 24.6 Å². The zero-order valence-electron chi connectivity index (χ0n) is 8.83. The molecule has 2 N–H and O–H groups in total. The van der Waals surface area contributed by atoms with E-state index >= 15 is 0 Å². The molecule has 0 saturated carbocycles. The molecule has 0 amide bonds. The van der Waals surface area contributed by atoms with Crippen LogP contribution in [-0.2, 0) is 14.2 Å². The molecule has 0 radical (unpaired) electrons. The van der Waals surface area contributed by atoms with Crippen molar-refractivity contribution in [3.63, 3.8) is 0 Å². The molecule has 0 rings (SSSR count). The van der Waals surface area contributed by atoms with Crippen LogP contribution in [0.3, 0.4) is 0 Å². The van der Waals surface area contributed by atoms with Gasteiger partial charge in [0.1, 0.15) is 0 Å². The number of rotatable bonds is 11. The topological polar surface area (TPSA) is 60.0 Å². The highest BCUT2D eigenvalue weighted by atomic mass is 16.5. The van der Waals surface area contributed by atoms with Crippen LogP contribution in [0, 0.1) is 0 Å². The third kappa shape index (κ3) is 11.8. The highest BCUT2D eigenvalue weighted by molar-refractivity contribution is 4.44. The van der Waals surface area contributed by atoms with Gasteiger partial charge in [-0.2, -0.15) is 0 Å². The first-order chi connectivity index (χ1) is 6.91. The van der Waals surface area contributed by atoms with Crippen molar-refractivity contribution in [2.45, 2.75) is 0 Å². The average molecular weight is 207 g/mol. The molecule has 0 unspecified atom stereocenters. The number of nitrogens with one attached hydrogen (secondary N) is 1. The molecule has 0 bridgehead atoms. The van der Waals surface area contributed by atoms with Gasteiger partial charge in [-0.3, -0.25) is 0 Å². The summed E-state index contributed by atoms with van der Waals surface area (Å²) in [5.41, 5.74) is 0. The van der Waals surface area contributed by atoms with Gasteiger partial charge in [-0.25, -0.2) is 0 Å². The van der Waals surface area contributed by atoms with Crippen LogP contribution in [0.15, 0.2) is 0 Å². The summed E-state index contributed by atoms with van der Waals surface area (Å²) in [6, 6.07) is 0. The summed E-state index contributed by atoms with van der Waals surface area (Å²) in [6.45, 7) is 4.63. The summed E-state index contributed by atoms with van der Waals surface area (Å²) in [5.74, 6) is 0. The van der Waals surface area contributed by atoms with E-state index in [2.05, 4.69) is 5.32 Å². The van der Waals surface area contributed by atoms with Crippen molar-refractivity contribution in [2.24, 2.45) is 0 Å². The fourth-order valence-electron chi connectivity index (χ4n) is 0.830. The van der Waals surface area contributed by atoms with Crippen LogP contribution in [0.25, 0.3) is 0 Å². The number of hydrogen-bond acceptors (Lipinski definition) is 5. The number of ether oxygens (including phenoxy) is 3. The Morgan fingerprint density at radius 1 is 0.929 bits per heavy atom. The summed E-state index contributed by atoms with van der Waals surface area (Å²) < 4.78 is 15.1. The molecule has 0 aliphatic carbocycles. The predicted octanol–water partition coefficient (Wildman–Crippen LogP) is -0.752. The Bertz CT molecular complexity index is 90.8. The first-order valence-electron chi connectivity index (χ1n) is 4.87. The maximum Gasteiger partial charge on any atom is 0.0701 e. The van der Waals surface area contributed by atoms with Gasteiger partial charge in [0.05, 0.1) is 39.6 Å². The molecule has 5 heteroatoms. The molecule has 5 nitrogen and oxygen atoms in total. The standard InChI is InChI=1S/C9H21NO4/c1-12-5-2-10-3-6-13-8-9-14-7-4-11/h10-11H,2-9H2,1H3. The average Bonchev–Trinajstić information content (AvgIpc) is 2.21. The lowest BCUT2D eigenvalue weighted by Crippen LogP contribution is -2.24. The van der Waals surface area contributed by atoms with Crippen molar-refractivity contribution in [3.05, 3.63) is 0 Å². The summed E-state index contributed by atoms with van der Waals surface area (Å²) in [4.78, 5) is 0.